The number of sulfonamides is 1. The largest absolute Gasteiger partial charge is 0.284 e. The first-order valence-corrected chi connectivity index (χ1v) is 10.2. The molecule has 6 nitrogen and oxygen atoms in total. The second-order valence-corrected chi connectivity index (χ2v) is 8.73. The van der Waals surface area contributed by atoms with Crippen molar-refractivity contribution in [1.82, 2.24) is 9.78 Å². The van der Waals surface area contributed by atoms with Crippen LogP contribution in [-0.2, 0) is 16.6 Å². The van der Waals surface area contributed by atoms with Gasteiger partial charge in [0.1, 0.15) is 0 Å². The van der Waals surface area contributed by atoms with E-state index in [4.69, 9.17) is 16.7 Å². The van der Waals surface area contributed by atoms with E-state index in [1.165, 1.54) is 18.9 Å². The van der Waals surface area contributed by atoms with Gasteiger partial charge in [0.2, 0.25) is 10.0 Å². The van der Waals surface area contributed by atoms with E-state index in [0.29, 0.717) is 27.5 Å². The molecule has 26 heavy (non-hydrogen) atoms. The fourth-order valence-electron chi connectivity index (χ4n) is 3.26. The third kappa shape index (κ3) is 2.96. The second-order valence-electron chi connectivity index (χ2n) is 6.82. The van der Waals surface area contributed by atoms with Crippen LogP contribution in [0.2, 0.25) is 5.02 Å². The lowest BCUT2D eigenvalue weighted by molar-refractivity contribution is 0.576. The molecule has 1 fully saturated rings. The summed E-state index contributed by atoms with van der Waals surface area (Å²) < 4.78 is 25.2. The lowest BCUT2D eigenvalue weighted by Crippen LogP contribution is -2.13. The predicted octanol–water partition coefficient (Wildman–Crippen LogP) is 3.02. The molecule has 0 radical (unpaired) electrons. The Hall–Kier alpha value is -2.09. The number of hydrogen-bond acceptors (Lipinski definition) is 3. The summed E-state index contributed by atoms with van der Waals surface area (Å²) in [5.41, 5.74) is 2.53. The van der Waals surface area contributed by atoms with Crippen LogP contribution in [0, 0.1) is 12.8 Å². The highest BCUT2D eigenvalue weighted by molar-refractivity contribution is 7.89. The van der Waals surface area contributed by atoms with Gasteiger partial charge in [0.05, 0.1) is 20.8 Å². The Balaban J connectivity index is 1.83. The monoisotopic (exact) mass is 391 g/mol. The molecule has 0 atom stereocenters. The van der Waals surface area contributed by atoms with E-state index >= 15 is 0 Å². The molecule has 0 aliphatic heterocycles. The molecule has 0 saturated heterocycles. The summed E-state index contributed by atoms with van der Waals surface area (Å²) in [7, 11) is -3.84. The van der Waals surface area contributed by atoms with Crippen molar-refractivity contribution in [1.29, 1.82) is 0 Å². The van der Waals surface area contributed by atoms with E-state index in [2.05, 4.69) is 5.10 Å². The van der Waals surface area contributed by atoms with Crippen LogP contribution < -0.4 is 10.7 Å². The molecule has 1 saturated carbocycles. The van der Waals surface area contributed by atoms with Crippen LogP contribution in [-0.4, -0.2) is 18.2 Å². The van der Waals surface area contributed by atoms with Crippen LogP contribution >= 0.6 is 11.6 Å². The van der Waals surface area contributed by atoms with Gasteiger partial charge in [0.15, 0.2) is 0 Å². The number of H-pyrrole nitrogens is 1. The van der Waals surface area contributed by atoms with Crippen LogP contribution in [0.15, 0.2) is 40.0 Å². The Kier molecular flexibility index (Phi) is 3.98. The minimum absolute atomic E-state index is 0.000705. The van der Waals surface area contributed by atoms with Crippen molar-refractivity contribution in [3.63, 3.8) is 0 Å². The zero-order valence-electron chi connectivity index (χ0n) is 14.1. The lowest BCUT2D eigenvalue weighted by atomic mass is 10.0. The minimum Gasteiger partial charge on any atom is -0.284 e. The highest BCUT2D eigenvalue weighted by Crippen LogP contribution is 2.35. The molecule has 3 aromatic rings. The van der Waals surface area contributed by atoms with Crippen LogP contribution in [0.5, 0.6) is 0 Å². The van der Waals surface area contributed by atoms with Crippen LogP contribution in [0.3, 0.4) is 0 Å². The topological polar surface area (TPSA) is 98.0 Å². The number of hydrogen-bond donors (Lipinski definition) is 2. The maximum absolute atomic E-state index is 12.3. The highest BCUT2D eigenvalue weighted by Gasteiger charge is 2.23. The fourth-order valence-corrected chi connectivity index (χ4v) is 4.38. The Bertz CT molecular complexity index is 1190. The molecule has 0 spiro atoms. The molecule has 4 rings (SSSR count). The zero-order valence-corrected chi connectivity index (χ0v) is 15.7. The molecule has 1 aliphatic carbocycles. The van der Waals surface area contributed by atoms with Crippen molar-refractivity contribution < 1.29 is 8.42 Å². The summed E-state index contributed by atoms with van der Waals surface area (Å²) >= 11 is 6.40. The number of nitrogens with one attached hydrogen (secondary N) is 1. The molecule has 0 unspecified atom stereocenters. The van der Waals surface area contributed by atoms with Gasteiger partial charge in [-0.3, -0.25) is 14.6 Å². The Morgan fingerprint density at radius 1 is 1.27 bits per heavy atom. The van der Waals surface area contributed by atoms with Gasteiger partial charge in [0.25, 0.3) is 5.56 Å². The Morgan fingerprint density at radius 2 is 2.00 bits per heavy atom. The number of aromatic amines is 1. The molecular formula is C18H18ClN3O3S. The molecular weight excluding hydrogens is 374 g/mol. The van der Waals surface area contributed by atoms with E-state index in [1.54, 1.807) is 19.1 Å². The maximum atomic E-state index is 12.3. The molecule has 3 N–H and O–H groups in total. The summed E-state index contributed by atoms with van der Waals surface area (Å²) in [4.78, 5) is 12.3. The van der Waals surface area contributed by atoms with Crippen molar-refractivity contribution in [2.75, 3.05) is 0 Å². The predicted molar refractivity (Wildman–Crippen MR) is 102 cm³/mol. The highest BCUT2D eigenvalue weighted by atomic mass is 35.5. The molecule has 0 bridgehead atoms. The molecule has 0 amide bonds. The van der Waals surface area contributed by atoms with Crippen LogP contribution in [0.1, 0.15) is 18.4 Å². The number of nitrogens with zero attached hydrogens (tertiary/aromatic N) is 1. The van der Waals surface area contributed by atoms with Crippen molar-refractivity contribution in [2.24, 2.45) is 11.1 Å². The summed E-state index contributed by atoms with van der Waals surface area (Å²) in [5, 5.41) is 9.01. The van der Waals surface area contributed by atoms with Crippen molar-refractivity contribution in [3.8, 4) is 11.1 Å². The third-order valence-electron chi connectivity index (χ3n) is 4.86. The van der Waals surface area contributed by atoms with Gasteiger partial charge in [-0.15, -0.1) is 0 Å². The van der Waals surface area contributed by atoms with Gasteiger partial charge in [-0.05, 0) is 55.0 Å². The van der Waals surface area contributed by atoms with Gasteiger partial charge >= 0.3 is 0 Å². The molecule has 1 aromatic heterocycles. The number of rotatable bonds is 4. The molecule has 1 heterocycles. The fraction of sp³-hybridized carbons (Fsp3) is 0.278. The third-order valence-corrected chi connectivity index (χ3v) is 6.40. The number of benzene rings is 2. The number of fused-ring (bicyclic) bond motifs is 1. The Morgan fingerprint density at radius 3 is 2.65 bits per heavy atom. The van der Waals surface area contributed by atoms with Gasteiger partial charge in [0, 0.05) is 12.1 Å². The van der Waals surface area contributed by atoms with E-state index in [-0.39, 0.29) is 10.5 Å². The van der Waals surface area contributed by atoms with Gasteiger partial charge in [-0.2, -0.15) is 0 Å². The van der Waals surface area contributed by atoms with Gasteiger partial charge in [-0.1, -0.05) is 23.7 Å². The SMILES string of the molecule is Cc1c(S(N)(=O)=O)ccc(-c2ccc3c(c2)c(=O)[nH]n3CC2CC2)c1Cl. The number of aromatic nitrogens is 2. The first-order chi connectivity index (χ1) is 12.3. The molecule has 2 aromatic carbocycles. The molecule has 1 aliphatic rings. The van der Waals surface area contributed by atoms with Gasteiger partial charge in [-0.25, -0.2) is 13.6 Å². The Labute approximate surface area is 155 Å². The standard InChI is InChI=1S/C18H18ClN3O3S/c1-10-16(26(20,24)25)7-5-13(17(10)19)12-4-6-15-14(8-12)18(23)21-22(15)9-11-2-3-11/h4-8,11H,2-3,9H2,1H3,(H,21,23)(H2,20,24,25). The lowest BCUT2D eigenvalue weighted by Gasteiger charge is -2.11. The minimum atomic E-state index is -3.84. The summed E-state index contributed by atoms with van der Waals surface area (Å²) in [6, 6.07) is 8.62. The maximum Gasteiger partial charge on any atom is 0.271 e. The molecule has 136 valence electrons. The molecule has 8 heteroatoms. The summed E-state index contributed by atoms with van der Waals surface area (Å²) in [5.74, 6) is 0.642. The number of nitrogens with two attached hydrogens (primary N) is 1. The van der Waals surface area contributed by atoms with Crippen LogP contribution in [0.25, 0.3) is 22.0 Å². The quantitative estimate of drug-likeness (QED) is 0.715. The summed E-state index contributed by atoms with van der Waals surface area (Å²) in [6.07, 6.45) is 2.40. The normalized spacial score (nSPS) is 14.9. The first-order valence-electron chi connectivity index (χ1n) is 8.30. The average molecular weight is 392 g/mol. The van der Waals surface area contributed by atoms with E-state index < -0.39 is 10.0 Å². The van der Waals surface area contributed by atoms with E-state index in [1.807, 2.05) is 16.8 Å². The summed E-state index contributed by atoms with van der Waals surface area (Å²) in [6.45, 7) is 2.43. The van der Waals surface area contributed by atoms with E-state index in [0.717, 1.165) is 17.6 Å². The first kappa shape index (κ1) is 17.3. The second kappa shape index (κ2) is 5.97. The smallest absolute Gasteiger partial charge is 0.271 e. The number of primary sulfonamides is 1. The van der Waals surface area contributed by atoms with Gasteiger partial charge < -0.3 is 0 Å². The van der Waals surface area contributed by atoms with Crippen molar-refractivity contribution in [2.45, 2.75) is 31.2 Å². The average Bonchev–Trinajstić information content (AvgIpc) is 3.33. The van der Waals surface area contributed by atoms with Crippen molar-refractivity contribution >= 4 is 32.5 Å². The zero-order chi connectivity index (χ0) is 18.6. The van der Waals surface area contributed by atoms with Crippen molar-refractivity contribution in [3.05, 3.63) is 51.3 Å². The number of halogens is 1. The van der Waals surface area contributed by atoms with Crippen LogP contribution in [0.4, 0.5) is 0 Å². The van der Waals surface area contributed by atoms with E-state index in [9.17, 15) is 13.2 Å².